The van der Waals surface area contributed by atoms with Crippen molar-refractivity contribution < 1.29 is 15.3 Å². The average molecular weight is 449 g/mol. The van der Waals surface area contributed by atoms with Gasteiger partial charge in [-0.05, 0) is 88.3 Å². The molecule has 0 fully saturated rings. The van der Waals surface area contributed by atoms with Gasteiger partial charge in [-0.1, -0.05) is 72.1 Å². The summed E-state index contributed by atoms with van der Waals surface area (Å²) in [6, 6.07) is 0. The fourth-order valence-corrected chi connectivity index (χ4v) is 4.83. The van der Waals surface area contributed by atoms with Crippen molar-refractivity contribution in [2.75, 3.05) is 0 Å². The van der Waals surface area contributed by atoms with Crippen LogP contribution in [0.15, 0.2) is 0 Å². The number of hydrogen-bond donors (Lipinski definition) is 3. The van der Waals surface area contributed by atoms with Gasteiger partial charge in [-0.15, -0.1) is 0 Å². The lowest BCUT2D eigenvalue weighted by molar-refractivity contribution is 0.0668. The van der Waals surface area contributed by atoms with Gasteiger partial charge in [-0.2, -0.15) is 0 Å². The lowest BCUT2D eigenvalue weighted by Crippen LogP contribution is -2.18. The number of benzene rings is 1. The van der Waals surface area contributed by atoms with Crippen LogP contribution in [-0.4, -0.2) is 20.9 Å². The van der Waals surface area contributed by atoms with Gasteiger partial charge in [0.05, 0.1) is 5.60 Å². The van der Waals surface area contributed by atoms with Crippen molar-refractivity contribution in [3.05, 3.63) is 22.3 Å². The average Bonchev–Trinajstić information content (AvgIpc) is 2.69. The van der Waals surface area contributed by atoms with E-state index < -0.39 is 5.60 Å². The second-order valence-corrected chi connectivity index (χ2v) is 11.5. The molecule has 0 aliphatic heterocycles. The molecule has 32 heavy (non-hydrogen) atoms. The van der Waals surface area contributed by atoms with Crippen LogP contribution in [0.5, 0.6) is 11.5 Å². The third-order valence-corrected chi connectivity index (χ3v) is 7.53. The number of hydrogen-bond acceptors (Lipinski definition) is 3. The Kier molecular flexibility index (Phi) is 12.1. The van der Waals surface area contributed by atoms with Crippen LogP contribution < -0.4 is 0 Å². The van der Waals surface area contributed by atoms with E-state index in [9.17, 15) is 15.3 Å². The Morgan fingerprint density at radius 3 is 1.50 bits per heavy atom. The Labute approximate surface area is 198 Å². The summed E-state index contributed by atoms with van der Waals surface area (Å²) in [7, 11) is 0. The van der Waals surface area contributed by atoms with Crippen LogP contribution in [0.25, 0.3) is 0 Å². The minimum atomic E-state index is -0.522. The first-order valence-corrected chi connectivity index (χ1v) is 13.1. The van der Waals surface area contributed by atoms with E-state index in [2.05, 4.69) is 20.8 Å². The molecule has 1 rings (SSSR count). The van der Waals surface area contributed by atoms with Crippen LogP contribution in [0.1, 0.15) is 121 Å². The quantitative estimate of drug-likeness (QED) is 0.237. The summed E-state index contributed by atoms with van der Waals surface area (Å²) < 4.78 is 0. The number of phenols is 2. The second kappa shape index (κ2) is 13.5. The summed E-state index contributed by atoms with van der Waals surface area (Å²) in [5, 5.41) is 30.7. The van der Waals surface area contributed by atoms with Gasteiger partial charge >= 0.3 is 0 Å². The van der Waals surface area contributed by atoms with Crippen molar-refractivity contribution in [2.24, 2.45) is 17.8 Å². The molecule has 0 spiro atoms. The highest BCUT2D eigenvalue weighted by molar-refractivity contribution is 5.56. The van der Waals surface area contributed by atoms with E-state index in [-0.39, 0.29) is 0 Å². The summed E-state index contributed by atoms with van der Waals surface area (Å²) in [6.45, 7) is 16.5. The van der Waals surface area contributed by atoms with E-state index in [1.54, 1.807) is 0 Å². The monoisotopic (exact) mass is 448 g/mol. The summed E-state index contributed by atoms with van der Waals surface area (Å²) in [5.74, 6) is 2.87. The summed E-state index contributed by atoms with van der Waals surface area (Å²) in [6.07, 6.45) is 12.9. The van der Waals surface area contributed by atoms with Crippen molar-refractivity contribution >= 4 is 0 Å². The Bertz CT molecular complexity index is 658. The lowest BCUT2D eigenvalue weighted by Gasteiger charge is -2.19. The molecule has 0 bridgehead atoms. The fourth-order valence-electron chi connectivity index (χ4n) is 4.83. The third-order valence-electron chi connectivity index (χ3n) is 7.53. The summed E-state index contributed by atoms with van der Waals surface area (Å²) >= 11 is 0. The lowest BCUT2D eigenvalue weighted by atomic mass is 9.88. The van der Waals surface area contributed by atoms with Crippen molar-refractivity contribution in [2.45, 2.75) is 132 Å². The number of aliphatic hydroxyl groups is 1. The van der Waals surface area contributed by atoms with Gasteiger partial charge in [0.1, 0.15) is 11.5 Å². The number of aromatic hydroxyl groups is 2. The molecule has 0 saturated carbocycles. The minimum Gasteiger partial charge on any atom is -0.507 e. The highest BCUT2D eigenvalue weighted by Crippen LogP contribution is 2.37. The van der Waals surface area contributed by atoms with Crippen LogP contribution in [0.4, 0.5) is 0 Å². The standard InChI is InChI=1S/C29H52O3/c1-20(12-9-14-21(2)16-11-19-29(7,8)32)13-10-15-22(3)17-18-26-25(6)27(30)23(4)24(5)28(26)31/h20-22,30-32H,9-19H2,1-8H3. The highest BCUT2D eigenvalue weighted by Gasteiger charge is 2.17. The molecule has 0 saturated heterocycles. The van der Waals surface area contributed by atoms with E-state index >= 15 is 0 Å². The normalized spacial score (nSPS) is 15.0. The molecule has 0 radical (unpaired) electrons. The zero-order valence-corrected chi connectivity index (χ0v) is 22.4. The first-order valence-electron chi connectivity index (χ1n) is 13.1. The Hall–Kier alpha value is -1.22. The van der Waals surface area contributed by atoms with Gasteiger partial charge in [0.2, 0.25) is 0 Å². The van der Waals surface area contributed by atoms with Gasteiger partial charge in [0.15, 0.2) is 0 Å². The molecule has 0 aliphatic carbocycles. The molecule has 0 aromatic heterocycles. The molecule has 3 N–H and O–H groups in total. The third kappa shape index (κ3) is 10.1. The van der Waals surface area contributed by atoms with Gasteiger partial charge in [0.25, 0.3) is 0 Å². The van der Waals surface area contributed by atoms with E-state index in [0.717, 1.165) is 59.8 Å². The van der Waals surface area contributed by atoms with Gasteiger partial charge < -0.3 is 15.3 Å². The minimum absolute atomic E-state index is 0.336. The van der Waals surface area contributed by atoms with E-state index in [1.807, 2.05) is 34.6 Å². The Balaban J connectivity index is 2.25. The fraction of sp³-hybridized carbons (Fsp3) is 0.793. The van der Waals surface area contributed by atoms with Crippen molar-refractivity contribution in [3.8, 4) is 11.5 Å². The zero-order chi connectivity index (χ0) is 24.5. The topological polar surface area (TPSA) is 60.7 Å². The van der Waals surface area contributed by atoms with Gasteiger partial charge in [-0.25, -0.2) is 0 Å². The number of rotatable bonds is 15. The molecule has 1 aromatic carbocycles. The van der Waals surface area contributed by atoms with Gasteiger partial charge in [0, 0.05) is 5.56 Å². The molecule has 1 aromatic rings. The first kappa shape index (κ1) is 28.8. The predicted molar refractivity (Wildman–Crippen MR) is 138 cm³/mol. The van der Waals surface area contributed by atoms with Crippen LogP contribution >= 0.6 is 0 Å². The summed E-state index contributed by atoms with van der Waals surface area (Å²) in [5.41, 5.74) is 2.82. The zero-order valence-electron chi connectivity index (χ0n) is 22.4. The second-order valence-electron chi connectivity index (χ2n) is 11.5. The van der Waals surface area contributed by atoms with Crippen LogP contribution in [-0.2, 0) is 6.42 Å². The maximum Gasteiger partial charge on any atom is 0.122 e. The van der Waals surface area contributed by atoms with Gasteiger partial charge in [-0.3, -0.25) is 0 Å². The summed E-state index contributed by atoms with van der Waals surface area (Å²) in [4.78, 5) is 0. The maximum atomic E-state index is 10.5. The molecule has 0 heterocycles. The molecule has 3 unspecified atom stereocenters. The smallest absolute Gasteiger partial charge is 0.122 e. The van der Waals surface area contributed by atoms with Crippen molar-refractivity contribution in [3.63, 3.8) is 0 Å². The van der Waals surface area contributed by atoms with E-state index in [0.29, 0.717) is 17.4 Å². The van der Waals surface area contributed by atoms with Crippen molar-refractivity contribution in [1.29, 1.82) is 0 Å². The molecular formula is C29H52O3. The molecule has 3 nitrogen and oxygen atoms in total. The predicted octanol–water partition coefficient (Wildman–Crippen LogP) is 8.15. The first-order chi connectivity index (χ1) is 14.8. The molecule has 0 amide bonds. The largest absolute Gasteiger partial charge is 0.507 e. The molecule has 0 aliphatic rings. The Morgan fingerprint density at radius 1 is 0.625 bits per heavy atom. The van der Waals surface area contributed by atoms with Crippen LogP contribution in [0, 0.1) is 38.5 Å². The van der Waals surface area contributed by atoms with Crippen LogP contribution in [0.2, 0.25) is 0 Å². The van der Waals surface area contributed by atoms with Crippen molar-refractivity contribution in [1.82, 2.24) is 0 Å². The maximum absolute atomic E-state index is 10.5. The highest BCUT2D eigenvalue weighted by atomic mass is 16.3. The molecule has 3 heteroatoms. The van der Waals surface area contributed by atoms with E-state index in [1.165, 1.54) is 44.9 Å². The Morgan fingerprint density at radius 2 is 1.03 bits per heavy atom. The molecule has 186 valence electrons. The van der Waals surface area contributed by atoms with Crippen LogP contribution in [0.3, 0.4) is 0 Å². The SMILES string of the molecule is Cc1c(C)c(O)c(CCC(C)CCCC(C)CCCC(C)CCCC(C)(C)O)c(C)c1O. The molecular weight excluding hydrogens is 396 g/mol. The van der Waals surface area contributed by atoms with E-state index in [4.69, 9.17) is 0 Å². The number of phenolic OH excluding ortho intramolecular Hbond substituents is 2. The molecule has 3 atom stereocenters.